The van der Waals surface area contributed by atoms with E-state index >= 15 is 0 Å². The summed E-state index contributed by atoms with van der Waals surface area (Å²) < 4.78 is 8.22. The fourth-order valence-electron chi connectivity index (χ4n) is 5.35. The molecule has 0 bridgehead atoms. The molecule has 0 unspecified atom stereocenters. The Labute approximate surface area is 224 Å². The van der Waals surface area contributed by atoms with Gasteiger partial charge in [0.1, 0.15) is 5.76 Å². The highest BCUT2D eigenvalue weighted by Crippen LogP contribution is 2.38. The predicted octanol–water partition coefficient (Wildman–Crippen LogP) is 8.11. The number of nitrogens with one attached hydrogen (secondary N) is 1. The predicted molar refractivity (Wildman–Crippen MR) is 144 cm³/mol. The number of carbonyl (C=O) groups excluding carboxylic acids is 1. The molecule has 1 N–H and O–H groups in total. The van der Waals surface area contributed by atoms with E-state index in [4.69, 9.17) is 32.7 Å². The molecule has 184 valence electrons. The number of fused-ring (bicyclic) bond motifs is 1. The Hall–Kier alpha value is -2.02. The van der Waals surface area contributed by atoms with Crippen molar-refractivity contribution in [2.24, 2.45) is 5.92 Å². The lowest BCUT2D eigenvalue weighted by Gasteiger charge is -2.28. The lowest BCUT2D eigenvalue weighted by Crippen LogP contribution is -2.39. The molecule has 0 aliphatic heterocycles. The minimum atomic E-state index is -0.120. The quantitative estimate of drug-likeness (QED) is 0.333. The Balaban J connectivity index is 1.57. The molecule has 2 aliphatic rings. The van der Waals surface area contributed by atoms with Crippen molar-refractivity contribution in [2.75, 3.05) is 0 Å². The monoisotopic (exact) mass is 575 g/mol. The van der Waals surface area contributed by atoms with Crippen molar-refractivity contribution in [2.45, 2.75) is 64.3 Å². The van der Waals surface area contributed by atoms with E-state index in [1.807, 2.05) is 24.3 Å². The summed E-state index contributed by atoms with van der Waals surface area (Å²) in [6, 6.07) is 9.24. The third-order valence-corrected chi connectivity index (χ3v) is 8.10. The van der Waals surface area contributed by atoms with E-state index < -0.39 is 0 Å². The number of rotatable bonds is 5. The molecule has 5 nitrogen and oxygen atoms in total. The first kappa shape index (κ1) is 24.7. The number of carbonyl (C=O) groups is 1. The SMILES string of the molecule is C[C@@H](NC(=O)c1nn(-c2ccc(Cl)cc2Cl)c2c1CCC/C2=C\c1ccc(Br)o1)C1CCCCC1. The summed E-state index contributed by atoms with van der Waals surface area (Å²) >= 11 is 16.1. The molecule has 2 aliphatic carbocycles. The third kappa shape index (κ3) is 5.25. The van der Waals surface area contributed by atoms with Gasteiger partial charge in [-0.1, -0.05) is 42.5 Å². The number of hydrogen-bond donors (Lipinski definition) is 1. The van der Waals surface area contributed by atoms with Crippen LogP contribution >= 0.6 is 39.1 Å². The Bertz CT molecular complexity index is 1270. The minimum Gasteiger partial charge on any atom is -0.450 e. The number of amides is 1. The van der Waals surface area contributed by atoms with Gasteiger partial charge >= 0.3 is 0 Å². The minimum absolute atomic E-state index is 0.113. The number of nitrogens with zero attached hydrogens (tertiary/aromatic N) is 2. The van der Waals surface area contributed by atoms with E-state index in [-0.39, 0.29) is 11.9 Å². The highest BCUT2D eigenvalue weighted by atomic mass is 79.9. The molecule has 1 fully saturated rings. The molecule has 3 aromatic rings. The van der Waals surface area contributed by atoms with Crippen LogP contribution in [0.2, 0.25) is 10.0 Å². The lowest BCUT2D eigenvalue weighted by molar-refractivity contribution is 0.0912. The van der Waals surface area contributed by atoms with Crippen LogP contribution in [-0.2, 0) is 6.42 Å². The van der Waals surface area contributed by atoms with Gasteiger partial charge in [0.15, 0.2) is 10.4 Å². The van der Waals surface area contributed by atoms with Crippen LogP contribution in [0.15, 0.2) is 39.4 Å². The van der Waals surface area contributed by atoms with Crippen molar-refractivity contribution in [3.8, 4) is 5.69 Å². The Morgan fingerprint density at radius 3 is 2.69 bits per heavy atom. The fourth-order valence-corrected chi connectivity index (χ4v) is 6.15. The van der Waals surface area contributed by atoms with Crippen LogP contribution in [-0.4, -0.2) is 21.7 Å². The Morgan fingerprint density at radius 2 is 1.97 bits per heavy atom. The van der Waals surface area contributed by atoms with Gasteiger partial charge in [-0.15, -0.1) is 0 Å². The second-order valence-corrected chi connectivity index (χ2v) is 11.1. The first-order valence-electron chi connectivity index (χ1n) is 12.2. The molecular weight excluding hydrogens is 549 g/mol. The zero-order valence-electron chi connectivity index (χ0n) is 19.6. The van der Waals surface area contributed by atoms with Crippen molar-refractivity contribution in [3.63, 3.8) is 0 Å². The molecule has 35 heavy (non-hydrogen) atoms. The van der Waals surface area contributed by atoms with Gasteiger partial charge in [-0.05, 0) is 103 Å². The van der Waals surface area contributed by atoms with Crippen molar-refractivity contribution in [1.82, 2.24) is 15.1 Å². The number of hydrogen-bond acceptors (Lipinski definition) is 3. The average Bonchev–Trinajstić information content (AvgIpc) is 3.43. The number of allylic oxidation sites excluding steroid dienone is 1. The highest BCUT2D eigenvalue weighted by molar-refractivity contribution is 9.10. The molecule has 2 heterocycles. The molecule has 2 aromatic heterocycles. The number of furan rings is 1. The summed E-state index contributed by atoms with van der Waals surface area (Å²) in [5, 5.41) is 9.14. The van der Waals surface area contributed by atoms with Gasteiger partial charge < -0.3 is 9.73 Å². The zero-order valence-corrected chi connectivity index (χ0v) is 22.7. The maximum atomic E-state index is 13.5. The van der Waals surface area contributed by atoms with Gasteiger partial charge in [-0.3, -0.25) is 4.79 Å². The van der Waals surface area contributed by atoms with Gasteiger partial charge in [0.25, 0.3) is 5.91 Å². The van der Waals surface area contributed by atoms with Gasteiger partial charge in [0.2, 0.25) is 0 Å². The number of aromatic nitrogens is 2. The van der Waals surface area contributed by atoms with Crippen LogP contribution in [0.1, 0.15) is 79.4 Å². The highest BCUT2D eigenvalue weighted by Gasteiger charge is 2.31. The summed E-state index contributed by atoms with van der Waals surface area (Å²) in [7, 11) is 0. The summed E-state index contributed by atoms with van der Waals surface area (Å²) in [6.07, 6.45) is 10.7. The molecule has 1 atom stereocenters. The van der Waals surface area contributed by atoms with Crippen molar-refractivity contribution >= 4 is 56.7 Å². The molecule has 5 rings (SSSR count). The van der Waals surface area contributed by atoms with Gasteiger partial charge in [-0.25, -0.2) is 4.68 Å². The van der Waals surface area contributed by atoms with Gasteiger partial charge in [-0.2, -0.15) is 5.10 Å². The molecular formula is C27H28BrCl2N3O2. The van der Waals surface area contributed by atoms with Crippen LogP contribution in [0, 0.1) is 5.92 Å². The van der Waals surface area contributed by atoms with E-state index in [0.29, 0.717) is 32.0 Å². The van der Waals surface area contributed by atoms with E-state index in [1.165, 1.54) is 32.1 Å². The number of halogens is 3. The van der Waals surface area contributed by atoms with E-state index in [2.05, 4.69) is 28.2 Å². The largest absolute Gasteiger partial charge is 0.450 e. The van der Waals surface area contributed by atoms with Crippen LogP contribution in [0.25, 0.3) is 17.3 Å². The second kappa shape index (κ2) is 10.5. The van der Waals surface area contributed by atoms with Crippen molar-refractivity contribution < 1.29 is 9.21 Å². The number of benzene rings is 1. The lowest BCUT2D eigenvalue weighted by atomic mass is 9.84. The van der Waals surface area contributed by atoms with E-state index in [1.54, 1.807) is 16.8 Å². The van der Waals surface area contributed by atoms with Crippen LogP contribution in [0.3, 0.4) is 0 Å². The molecule has 8 heteroatoms. The standard InChI is InChI=1S/C27H28BrCl2N3O2/c1-16(17-6-3-2-4-7-17)31-27(34)25-21-9-5-8-18(14-20-11-13-24(28)35-20)26(21)33(32-25)23-12-10-19(29)15-22(23)30/h10-17H,2-9H2,1H3,(H,31,34)/b18-14+/t16-/m1/s1. The topological polar surface area (TPSA) is 60.1 Å². The Morgan fingerprint density at radius 1 is 1.17 bits per heavy atom. The smallest absolute Gasteiger partial charge is 0.272 e. The summed E-state index contributed by atoms with van der Waals surface area (Å²) in [6.45, 7) is 2.12. The maximum Gasteiger partial charge on any atom is 0.272 e. The zero-order chi connectivity index (χ0) is 24.5. The molecule has 1 aromatic carbocycles. The molecule has 0 saturated heterocycles. The fraction of sp³-hybridized carbons (Fsp3) is 0.407. The summed E-state index contributed by atoms with van der Waals surface area (Å²) in [5.74, 6) is 1.14. The molecule has 0 radical (unpaired) electrons. The molecule has 1 amide bonds. The van der Waals surface area contributed by atoms with Gasteiger partial charge in [0.05, 0.1) is 16.4 Å². The third-order valence-electron chi connectivity index (χ3n) is 7.14. The van der Waals surface area contributed by atoms with Gasteiger partial charge in [0, 0.05) is 16.6 Å². The normalized spacial score (nSPS) is 18.5. The van der Waals surface area contributed by atoms with Crippen LogP contribution in [0.5, 0.6) is 0 Å². The van der Waals surface area contributed by atoms with E-state index in [0.717, 1.165) is 41.9 Å². The van der Waals surface area contributed by atoms with E-state index in [9.17, 15) is 4.79 Å². The first-order valence-corrected chi connectivity index (χ1v) is 13.8. The van der Waals surface area contributed by atoms with Crippen molar-refractivity contribution in [1.29, 1.82) is 0 Å². The first-order chi connectivity index (χ1) is 16.9. The second-order valence-electron chi connectivity index (χ2n) is 9.51. The maximum absolute atomic E-state index is 13.5. The Kier molecular flexibility index (Phi) is 7.42. The summed E-state index contributed by atoms with van der Waals surface area (Å²) in [4.78, 5) is 13.5. The summed E-state index contributed by atoms with van der Waals surface area (Å²) in [5.41, 5.74) is 4.09. The van der Waals surface area contributed by atoms with Crippen LogP contribution < -0.4 is 5.32 Å². The molecule has 1 saturated carbocycles. The molecule has 0 spiro atoms. The van der Waals surface area contributed by atoms with Crippen LogP contribution in [0.4, 0.5) is 0 Å². The average molecular weight is 577 g/mol. The van der Waals surface area contributed by atoms with Crippen molar-refractivity contribution in [3.05, 3.63) is 67.8 Å².